The van der Waals surface area contributed by atoms with Gasteiger partial charge in [-0.2, -0.15) is 0 Å². The van der Waals surface area contributed by atoms with Gasteiger partial charge in [-0.05, 0) is 44.2 Å². The van der Waals surface area contributed by atoms with Crippen molar-refractivity contribution in [3.05, 3.63) is 36.2 Å². The third-order valence-electron chi connectivity index (χ3n) is 5.66. The zero-order valence-corrected chi connectivity index (χ0v) is 16.2. The van der Waals surface area contributed by atoms with Gasteiger partial charge in [0.15, 0.2) is 0 Å². The normalized spacial score (nSPS) is 20.0. The van der Waals surface area contributed by atoms with Crippen molar-refractivity contribution < 1.29 is 9.47 Å². The first-order valence-corrected chi connectivity index (χ1v) is 9.85. The molecule has 2 aliphatic heterocycles. The van der Waals surface area contributed by atoms with Crippen molar-refractivity contribution in [3.8, 4) is 11.5 Å². The topological polar surface area (TPSA) is 50.7 Å². The smallest absolute Gasteiger partial charge is 0.134 e. The Hall–Kier alpha value is -2.50. The van der Waals surface area contributed by atoms with Crippen molar-refractivity contribution in [3.63, 3.8) is 0 Å². The van der Waals surface area contributed by atoms with Gasteiger partial charge in [-0.15, -0.1) is 0 Å². The zero-order valence-electron chi connectivity index (χ0n) is 16.2. The van der Waals surface area contributed by atoms with E-state index < -0.39 is 0 Å². The molecule has 2 fully saturated rings. The Morgan fingerprint density at radius 1 is 0.889 bits per heavy atom. The van der Waals surface area contributed by atoms with Gasteiger partial charge in [-0.25, -0.2) is 9.97 Å². The molecule has 0 saturated carbocycles. The predicted octanol–water partition coefficient (Wildman–Crippen LogP) is 3.83. The molecule has 1 unspecified atom stereocenters. The lowest BCUT2D eigenvalue weighted by molar-refractivity contribution is 0.388. The van der Waals surface area contributed by atoms with Crippen LogP contribution in [0.2, 0.25) is 0 Å². The minimum Gasteiger partial charge on any atom is -0.497 e. The predicted molar refractivity (Wildman–Crippen MR) is 107 cm³/mol. The van der Waals surface area contributed by atoms with Crippen molar-refractivity contribution in [2.45, 2.75) is 38.1 Å². The lowest BCUT2D eigenvalue weighted by atomic mass is 10.0. The van der Waals surface area contributed by atoms with E-state index >= 15 is 0 Å². The molecule has 0 N–H and O–H groups in total. The first-order chi connectivity index (χ1) is 13.3. The van der Waals surface area contributed by atoms with E-state index in [-0.39, 0.29) is 6.04 Å². The summed E-state index contributed by atoms with van der Waals surface area (Å²) in [5.41, 5.74) is 1.19. The molecular weight excluding hydrogens is 340 g/mol. The number of rotatable bonds is 5. The van der Waals surface area contributed by atoms with Crippen LogP contribution in [0.25, 0.3) is 0 Å². The van der Waals surface area contributed by atoms with E-state index in [1.807, 2.05) is 12.1 Å². The Kier molecular flexibility index (Phi) is 5.32. The highest BCUT2D eigenvalue weighted by atomic mass is 16.5. The standard InChI is InChI=1S/C21H28N4O2/c1-26-16-8-9-17(19(13-16)27-2)18-7-6-12-25(18)21-14-20(22-15-23-21)24-10-4-3-5-11-24/h8-9,13-15,18H,3-7,10-12H2,1-2H3. The fourth-order valence-electron chi connectivity index (χ4n) is 4.25. The van der Waals surface area contributed by atoms with E-state index in [2.05, 4.69) is 31.9 Å². The molecule has 1 aromatic heterocycles. The Labute approximate surface area is 161 Å². The number of hydrogen-bond donors (Lipinski definition) is 0. The van der Waals surface area contributed by atoms with Crippen molar-refractivity contribution in [2.24, 2.45) is 0 Å². The summed E-state index contributed by atoms with van der Waals surface area (Å²) in [6.07, 6.45) is 7.75. The molecular formula is C21H28N4O2. The van der Waals surface area contributed by atoms with Crippen LogP contribution in [-0.2, 0) is 0 Å². The number of piperidine rings is 1. The van der Waals surface area contributed by atoms with Gasteiger partial charge in [0.05, 0.1) is 20.3 Å². The fourth-order valence-corrected chi connectivity index (χ4v) is 4.25. The third kappa shape index (κ3) is 3.66. The maximum Gasteiger partial charge on any atom is 0.134 e. The van der Waals surface area contributed by atoms with E-state index in [0.717, 1.165) is 55.6 Å². The molecule has 3 heterocycles. The van der Waals surface area contributed by atoms with E-state index in [9.17, 15) is 0 Å². The Bertz CT molecular complexity index is 777. The van der Waals surface area contributed by atoms with Crippen molar-refractivity contribution >= 4 is 11.6 Å². The van der Waals surface area contributed by atoms with Crippen LogP contribution in [0.1, 0.15) is 43.7 Å². The lowest BCUT2D eigenvalue weighted by Crippen LogP contribution is -2.31. The quantitative estimate of drug-likeness (QED) is 0.800. The van der Waals surface area contributed by atoms with Crippen LogP contribution in [0, 0.1) is 0 Å². The number of ether oxygens (including phenoxy) is 2. The maximum atomic E-state index is 5.66. The molecule has 2 aromatic rings. The molecule has 0 spiro atoms. The molecule has 6 heteroatoms. The van der Waals surface area contributed by atoms with Crippen molar-refractivity contribution in [2.75, 3.05) is 43.7 Å². The van der Waals surface area contributed by atoms with Crippen LogP contribution in [0.15, 0.2) is 30.6 Å². The summed E-state index contributed by atoms with van der Waals surface area (Å²) in [5.74, 6) is 3.74. The molecule has 0 bridgehead atoms. The number of methoxy groups -OCH3 is 2. The van der Waals surface area contributed by atoms with Crippen molar-refractivity contribution in [1.29, 1.82) is 0 Å². The highest BCUT2D eigenvalue weighted by Crippen LogP contribution is 2.41. The molecule has 1 atom stereocenters. The van der Waals surface area contributed by atoms with Gasteiger partial charge >= 0.3 is 0 Å². The summed E-state index contributed by atoms with van der Waals surface area (Å²) in [6.45, 7) is 3.18. The van der Waals surface area contributed by atoms with Crippen LogP contribution in [-0.4, -0.2) is 43.8 Å². The minimum atomic E-state index is 0.259. The lowest BCUT2D eigenvalue weighted by Gasteiger charge is -2.30. The SMILES string of the molecule is COc1ccc(C2CCCN2c2cc(N3CCCCC3)ncn2)c(OC)c1. The van der Waals surface area contributed by atoms with Crippen LogP contribution in [0.3, 0.4) is 0 Å². The summed E-state index contributed by atoms with van der Waals surface area (Å²) in [6, 6.07) is 8.50. The van der Waals surface area contributed by atoms with Gasteiger partial charge in [0.1, 0.15) is 29.5 Å². The van der Waals surface area contributed by atoms with Crippen LogP contribution < -0.4 is 19.3 Å². The van der Waals surface area contributed by atoms with Crippen LogP contribution >= 0.6 is 0 Å². The molecule has 0 amide bonds. The number of nitrogens with zero attached hydrogens (tertiary/aromatic N) is 4. The second-order valence-corrected chi connectivity index (χ2v) is 7.24. The molecule has 27 heavy (non-hydrogen) atoms. The fraction of sp³-hybridized carbons (Fsp3) is 0.524. The van der Waals surface area contributed by atoms with Crippen molar-refractivity contribution in [1.82, 2.24) is 9.97 Å². The molecule has 0 aliphatic carbocycles. The Morgan fingerprint density at radius 2 is 1.70 bits per heavy atom. The Morgan fingerprint density at radius 3 is 2.48 bits per heavy atom. The second kappa shape index (κ2) is 8.03. The second-order valence-electron chi connectivity index (χ2n) is 7.24. The first-order valence-electron chi connectivity index (χ1n) is 9.85. The van der Waals surface area contributed by atoms with E-state index in [1.165, 1.54) is 24.8 Å². The summed E-state index contributed by atoms with van der Waals surface area (Å²) < 4.78 is 11.0. The van der Waals surface area contributed by atoms with Gasteiger partial charge in [0.2, 0.25) is 0 Å². The van der Waals surface area contributed by atoms with Crippen LogP contribution in [0.4, 0.5) is 11.6 Å². The molecule has 2 aliphatic rings. The molecule has 1 aromatic carbocycles. The summed E-state index contributed by atoms with van der Waals surface area (Å²) in [5, 5.41) is 0. The van der Waals surface area contributed by atoms with E-state index in [0.29, 0.717) is 0 Å². The number of hydrogen-bond acceptors (Lipinski definition) is 6. The van der Waals surface area contributed by atoms with E-state index in [4.69, 9.17) is 9.47 Å². The zero-order chi connectivity index (χ0) is 18.6. The summed E-state index contributed by atoms with van der Waals surface area (Å²) >= 11 is 0. The van der Waals surface area contributed by atoms with E-state index in [1.54, 1.807) is 20.5 Å². The average Bonchev–Trinajstić information content (AvgIpc) is 3.23. The average molecular weight is 368 g/mol. The van der Waals surface area contributed by atoms with Gasteiger partial charge in [0, 0.05) is 37.3 Å². The maximum absolute atomic E-state index is 5.66. The highest BCUT2D eigenvalue weighted by molar-refractivity contribution is 5.54. The number of aromatic nitrogens is 2. The molecule has 2 saturated heterocycles. The molecule has 4 rings (SSSR count). The van der Waals surface area contributed by atoms with Gasteiger partial charge in [-0.1, -0.05) is 0 Å². The number of benzene rings is 1. The van der Waals surface area contributed by atoms with Gasteiger partial charge in [-0.3, -0.25) is 0 Å². The van der Waals surface area contributed by atoms with Gasteiger partial charge in [0.25, 0.3) is 0 Å². The summed E-state index contributed by atoms with van der Waals surface area (Å²) in [4.78, 5) is 13.9. The minimum absolute atomic E-state index is 0.259. The number of anilines is 2. The highest BCUT2D eigenvalue weighted by Gasteiger charge is 2.30. The monoisotopic (exact) mass is 368 g/mol. The molecule has 0 radical (unpaired) electrons. The first kappa shape index (κ1) is 17.9. The Balaban J connectivity index is 1.62. The molecule has 144 valence electrons. The summed E-state index contributed by atoms with van der Waals surface area (Å²) in [7, 11) is 3.40. The third-order valence-corrected chi connectivity index (χ3v) is 5.66. The van der Waals surface area contributed by atoms with Gasteiger partial charge < -0.3 is 19.3 Å². The van der Waals surface area contributed by atoms with Crippen LogP contribution in [0.5, 0.6) is 11.5 Å². The largest absolute Gasteiger partial charge is 0.497 e. The molecule has 6 nitrogen and oxygen atoms in total.